The maximum absolute atomic E-state index is 12.1. The minimum absolute atomic E-state index is 0.166. The maximum atomic E-state index is 12.1. The molecule has 0 aliphatic carbocycles. The fourth-order valence-corrected chi connectivity index (χ4v) is 2.96. The van der Waals surface area contributed by atoms with E-state index in [0.717, 1.165) is 12.3 Å². The predicted octanol–water partition coefficient (Wildman–Crippen LogP) is 0.486. The van der Waals surface area contributed by atoms with E-state index in [1.54, 1.807) is 0 Å². The molecular formula is C12H17NO6S2. The molecule has 0 radical (unpaired) electrons. The Morgan fingerprint density at radius 3 is 2.29 bits per heavy atom. The summed E-state index contributed by atoms with van der Waals surface area (Å²) in [5.41, 5.74) is -0.166. The number of rotatable bonds is 6. The first-order valence-corrected chi connectivity index (χ1v) is 9.27. The van der Waals surface area contributed by atoms with E-state index in [1.165, 1.54) is 32.0 Å². The van der Waals surface area contributed by atoms with Gasteiger partial charge in [-0.2, -0.15) is 0 Å². The van der Waals surface area contributed by atoms with Crippen molar-refractivity contribution in [3.63, 3.8) is 0 Å². The van der Waals surface area contributed by atoms with Gasteiger partial charge in [0.25, 0.3) is 0 Å². The highest BCUT2D eigenvalue weighted by molar-refractivity contribution is 7.92. The molecule has 0 atom stereocenters. The number of hydrogen-bond acceptors (Lipinski definition) is 5. The van der Waals surface area contributed by atoms with E-state index in [-0.39, 0.29) is 17.0 Å². The standard InChI is InChI=1S/C12H17NO6S2/c1-12(2,20(3,16)17)8-13-21(18,19)10-6-4-5-9(7-10)11(14)15/h4-7,13H,8H2,1-3H3,(H,14,15). The Kier molecular flexibility index (Phi) is 4.81. The van der Waals surface area contributed by atoms with Crippen molar-refractivity contribution in [2.24, 2.45) is 0 Å². The highest BCUT2D eigenvalue weighted by Gasteiger charge is 2.32. The molecular weight excluding hydrogens is 318 g/mol. The summed E-state index contributed by atoms with van der Waals surface area (Å²) in [5.74, 6) is -1.25. The second-order valence-corrected chi connectivity index (χ2v) is 9.61. The van der Waals surface area contributed by atoms with Crippen LogP contribution in [0.4, 0.5) is 0 Å². The molecule has 0 aromatic heterocycles. The molecule has 0 saturated carbocycles. The van der Waals surface area contributed by atoms with Crippen molar-refractivity contribution < 1.29 is 26.7 Å². The van der Waals surface area contributed by atoms with Crippen LogP contribution in [-0.2, 0) is 19.9 Å². The van der Waals surface area contributed by atoms with Gasteiger partial charge in [-0.05, 0) is 32.0 Å². The Labute approximate surface area is 124 Å². The van der Waals surface area contributed by atoms with Gasteiger partial charge in [-0.1, -0.05) is 6.07 Å². The Morgan fingerprint density at radius 2 is 1.81 bits per heavy atom. The molecule has 0 aliphatic heterocycles. The molecule has 0 amide bonds. The summed E-state index contributed by atoms with van der Waals surface area (Å²) in [6.45, 7) is 2.49. The Balaban J connectivity index is 3.03. The van der Waals surface area contributed by atoms with Gasteiger partial charge in [0.1, 0.15) is 0 Å². The van der Waals surface area contributed by atoms with Gasteiger partial charge in [0.15, 0.2) is 9.84 Å². The van der Waals surface area contributed by atoms with Crippen molar-refractivity contribution in [2.45, 2.75) is 23.5 Å². The number of nitrogens with one attached hydrogen (secondary N) is 1. The highest BCUT2D eigenvalue weighted by atomic mass is 32.2. The molecule has 0 heterocycles. The summed E-state index contributed by atoms with van der Waals surface area (Å²) < 4.78 is 48.2. The van der Waals surface area contributed by atoms with Gasteiger partial charge >= 0.3 is 5.97 Å². The second-order valence-electron chi connectivity index (χ2n) is 5.19. The first kappa shape index (κ1) is 17.6. The number of carboxylic acid groups (broad SMARTS) is 1. The van der Waals surface area contributed by atoms with Crippen LogP contribution in [0.25, 0.3) is 0 Å². The number of carboxylic acids is 1. The third-order valence-corrected chi connectivity index (χ3v) is 6.63. The molecule has 0 spiro atoms. The van der Waals surface area contributed by atoms with Crippen molar-refractivity contribution in [3.8, 4) is 0 Å². The van der Waals surface area contributed by atoms with Crippen LogP contribution >= 0.6 is 0 Å². The summed E-state index contributed by atoms with van der Waals surface area (Å²) in [6, 6.07) is 4.82. The van der Waals surface area contributed by atoms with Crippen LogP contribution in [0.2, 0.25) is 0 Å². The van der Waals surface area contributed by atoms with Crippen LogP contribution in [0, 0.1) is 0 Å². The average molecular weight is 335 g/mol. The molecule has 1 aromatic carbocycles. The molecule has 0 unspecified atom stereocenters. The molecule has 0 aliphatic rings. The summed E-state index contributed by atoms with van der Waals surface area (Å²) >= 11 is 0. The smallest absolute Gasteiger partial charge is 0.335 e. The lowest BCUT2D eigenvalue weighted by atomic mass is 10.2. The number of aromatic carboxylic acids is 1. The third-order valence-electron chi connectivity index (χ3n) is 3.08. The van der Waals surface area contributed by atoms with E-state index in [2.05, 4.69) is 4.72 Å². The van der Waals surface area contributed by atoms with Gasteiger partial charge in [-0.3, -0.25) is 0 Å². The molecule has 118 valence electrons. The van der Waals surface area contributed by atoms with Gasteiger partial charge < -0.3 is 5.11 Å². The Hall–Kier alpha value is -1.45. The Bertz CT molecular complexity index is 750. The predicted molar refractivity (Wildman–Crippen MR) is 77.5 cm³/mol. The highest BCUT2D eigenvalue weighted by Crippen LogP contribution is 2.16. The van der Waals surface area contributed by atoms with Crippen molar-refractivity contribution in [1.82, 2.24) is 4.72 Å². The number of benzene rings is 1. The van der Waals surface area contributed by atoms with Crippen LogP contribution in [0.1, 0.15) is 24.2 Å². The molecule has 1 rings (SSSR count). The van der Waals surface area contributed by atoms with Gasteiger partial charge in [0.05, 0.1) is 15.2 Å². The molecule has 21 heavy (non-hydrogen) atoms. The lowest BCUT2D eigenvalue weighted by Crippen LogP contribution is -2.43. The van der Waals surface area contributed by atoms with Crippen LogP contribution in [0.5, 0.6) is 0 Å². The number of carbonyl (C=O) groups is 1. The maximum Gasteiger partial charge on any atom is 0.335 e. The van der Waals surface area contributed by atoms with E-state index >= 15 is 0 Å². The topological polar surface area (TPSA) is 118 Å². The SMILES string of the molecule is CC(C)(CNS(=O)(=O)c1cccc(C(=O)O)c1)S(C)(=O)=O. The van der Waals surface area contributed by atoms with Crippen molar-refractivity contribution in [1.29, 1.82) is 0 Å². The van der Waals surface area contributed by atoms with Crippen molar-refractivity contribution in [2.75, 3.05) is 12.8 Å². The zero-order valence-electron chi connectivity index (χ0n) is 11.8. The number of hydrogen-bond donors (Lipinski definition) is 2. The molecule has 0 fully saturated rings. The molecule has 9 heteroatoms. The normalized spacial score (nSPS) is 13.1. The molecule has 0 bridgehead atoms. The number of sulfonamides is 1. The Morgan fingerprint density at radius 1 is 1.24 bits per heavy atom. The largest absolute Gasteiger partial charge is 0.478 e. The van der Waals surface area contributed by atoms with E-state index in [1.807, 2.05) is 0 Å². The monoisotopic (exact) mass is 335 g/mol. The lowest BCUT2D eigenvalue weighted by Gasteiger charge is -2.22. The summed E-state index contributed by atoms with van der Waals surface area (Å²) in [4.78, 5) is 10.6. The van der Waals surface area contributed by atoms with Crippen LogP contribution in [0.15, 0.2) is 29.2 Å². The molecule has 7 nitrogen and oxygen atoms in total. The van der Waals surface area contributed by atoms with Gasteiger partial charge in [0, 0.05) is 12.8 Å². The minimum Gasteiger partial charge on any atom is -0.478 e. The second kappa shape index (κ2) is 5.74. The number of sulfone groups is 1. The van der Waals surface area contributed by atoms with Crippen LogP contribution in [-0.4, -0.2) is 45.5 Å². The molecule has 0 saturated heterocycles. The fraction of sp³-hybridized carbons (Fsp3) is 0.417. The van der Waals surface area contributed by atoms with Gasteiger partial charge in [-0.25, -0.2) is 26.4 Å². The average Bonchev–Trinajstić information content (AvgIpc) is 2.35. The van der Waals surface area contributed by atoms with E-state index in [9.17, 15) is 21.6 Å². The lowest BCUT2D eigenvalue weighted by molar-refractivity contribution is 0.0696. The fourth-order valence-electron chi connectivity index (χ4n) is 1.28. The summed E-state index contributed by atoms with van der Waals surface area (Å²) in [7, 11) is -7.44. The van der Waals surface area contributed by atoms with Crippen LogP contribution in [0.3, 0.4) is 0 Å². The quantitative estimate of drug-likeness (QED) is 0.781. The third kappa shape index (κ3) is 4.26. The van der Waals surface area contributed by atoms with E-state index < -0.39 is 30.6 Å². The van der Waals surface area contributed by atoms with Crippen LogP contribution < -0.4 is 4.72 Å². The van der Waals surface area contributed by atoms with Gasteiger partial charge in [0.2, 0.25) is 10.0 Å². The van der Waals surface area contributed by atoms with Gasteiger partial charge in [-0.15, -0.1) is 0 Å². The molecule has 2 N–H and O–H groups in total. The van der Waals surface area contributed by atoms with Crippen molar-refractivity contribution >= 4 is 25.8 Å². The summed E-state index contributed by atoms with van der Waals surface area (Å²) in [5, 5.41) is 8.85. The van der Waals surface area contributed by atoms with E-state index in [4.69, 9.17) is 5.11 Å². The zero-order valence-corrected chi connectivity index (χ0v) is 13.5. The zero-order chi connectivity index (χ0) is 16.5. The first-order chi connectivity index (χ1) is 9.37. The first-order valence-electron chi connectivity index (χ1n) is 5.89. The molecule has 1 aromatic rings. The minimum atomic E-state index is -3.99. The van der Waals surface area contributed by atoms with Crippen molar-refractivity contribution in [3.05, 3.63) is 29.8 Å². The summed E-state index contributed by atoms with van der Waals surface area (Å²) in [6.07, 6.45) is 1.02. The van der Waals surface area contributed by atoms with E-state index in [0.29, 0.717) is 0 Å².